The van der Waals surface area contributed by atoms with E-state index in [1.54, 1.807) is 0 Å². The van der Waals surface area contributed by atoms with E-state index in [1.165, 1.54) is 19.3 Å². The van der Waals surface area contributed by atoms with Crippen LogP contribution < -0.4 is 5.32 Å². The van der Waals surface area contributed by atoms with E-state index in [9.17, 15) is 9.59 Å². The van der Waals surface area contributed by atoms with Crippen molar-refractivity contribution in [3.63, 3.8) is 0 Å². The normalized spacial score (nSPS) is 24.9. The number of fused-ring (bicyclic) bond motifs is 2. The number of rotatable bonds is 5. The predicted molar refractivity (Wildman–Crippen MR) is 99.7 cm³/mol. The minimum atomic E-state index is -0.332. The summed E-state index contributed by atoms with van der Waals surface area (Å²) in [6, 6.07) is 3.84. The molecule has 2 saturated carbocycles. The van der Waals surface area contributed by atoms with Gasteiger partial charge in [0, 0.05) is 15.4 Å². The molecule has 1 N–H and O–H groups in total. The Balaban J connectivity index is 1.46. The standard InChI is InChI=1S/C18H21Br2NO3/c1-10-4-14(19)18(15(20)5-10)21-16(22)9-24-17(23)8-13-7-11-2-3-12(13)6-11/h4-5,11-13H,2-3,6-9H2,1H3,(H,21,22)/t11-,12-,13-/m0/s1. The smallest absolute Gasteiger partial charge is 0.306 e. The lowest BCUT2D eigenvalue weighted by molar-refractivity contribution is -0.148. The summed E-state index contributed by atoms with van der Waals surface area (Å²) in [5.41, 5.74) is 1.72. The zero-order valence-electron chi connectivity index (χ0n) is 13.6. The molecular formula is C18H21Br2NO3. The highest BCUT2D eigenvalue weighted by atomic mass is 79.9. The summed E-state index contributed by atoms with van der Waals surface area (Å²) in [5.74, 6) is 1.37. The molecule has 0 radical (unpaired) electrons. The maximum absolute atomic E-state index is 12.0. The Kier molecular flexibility index (Phi) is 5.65. The minimum Gasteiger partial charge on any atom is -0.456 e. The Morgan fingerprint density at radius 2 is 1.92 bits per heavy atom. The van der Waals surface area contributed by atoms with E-state index in [2.05, 4.69) is 37.2 Å². The first kappa shape index (κ1) is 17.9. The van der Waals surface area contributed by atoms with Gasteiger partial charge in [-0.25, -0.2) is 0 Å². The number of amides is 1. The number of ether oxygens (including phenoxy) is 1. The van der Waals surface area contributed by atoms with Crippen molar-refractivity contribution in [3.8, 4) is 0 Å². The summed E-state index contributed by atoms with van der Waals surface area (Å²) in [7, 11) is 0. The number of hydrogen-bond donors (Lipinski definition) is 1. The van der Waals surface area contributed by atoms with E-state index >= 15 is 0 Å². The van der Waals surface area contributed by atoms with Gasteiger partial charge in [-0.2, -0.15) is 0 Å². The van der Waals surface area contributed by atoms with E-state index in [4.69, 9.17) is 4.74 Å². The third-order valence-corrected chi connectivity index (χ3v) is 6.38. The highest BCUT2D eigenvalue weighted by Crippen LogP contribution is 2.49. The number of hydrogen-bond acceptors (Lipinski definition) is 3. The number of aryl methyl sites for hydroxylation is 1. The molecule has 0 aromatic heterocycles. The van der Waals surface area contributed by atoms with Crippen LogP contribution in [0, 0.1) is 24.7 Å². The Hall–Kier alpha value is -0.880. The average molecular weight is 459 g/mol. The van der Waals surface area contributed by atoms with E-state index in [0.29, 0.717) is 23.9 Å². The fourth-order valence-electron chi connectivity index (χ4n) is 4.04. The molecule has 1 aromatic rings. The zero-order chi connectivity index (χ0) is 17.3. The summed E-state index contributed by atoms with van der Waals surface area (Å²) in [6.07, 6.45) is 5.44. The van der Waals surface area contributed by atoms with Gasteiger partial charge < -0.3 is 10.1 Å². The summed E-state index contributed by atoms with van der Waals surface area (Å²) in [5, 5.41) is 2.77. The highest BCUT2D eigenvalue weighted by molar-refractivity contribution is 9.11. The number of carbonyl (C=O) groups excluding carboxylic acids is 2. The van der Waals surface area contributed by atoms with Crippen molar-refractivity contribution >= 4 is 49.4 Å². The van der Waals surface area contributed by atoms with Gasteiger partial charge >= 0.3 is 5.97 Å². The number of benzene rings is 1. The zero-order valence-corrected chi connectivity index (χ0v) is 16.8. The van der Waals surface area contributed by atoms with Gasteiger partial charge in [-0.1, -0.05) is 6.42 Å². The van der Waals surface area contributed by atoms with Gasteiger partial charge in [-0.05, 0) is 93.5 Å². The Morgan fingerprint density at radius 3 is 2.50 bits per heavy atom. The van der Waals surface area contributed by atoms with Gasteiger partial charge in [-0.3, -0.25) is 9.59 Å². The van der Waals surface area contributed by atoms with Crippen LogP contribution in [0.25, 0.3) is 0 Å². The number of anilines is 1. The number of carbonyl (C=O) groups is 2. The second-order valence-electron chi connectivity index (χ2n) is 6.95. The van der Waals surface area contributed by atoms with Crippen LogP contribution in [0.5, 0.6) is 0 Å². The molecule has 1 aromatic carbocycles. The van der Waals surface area contributed by atoms with E-state index in [1.807, 2.05) is 19.1 Å². The van der Waals surface area contributed by atoms with Crippen LogP contribution >= 0.6 is 31.9 Å². The van der Waals surface area contributed by atoms with Crippen LogP contribution in [0.4, 0.5) is 5.69 Å². The monoisotopic (exact) mass is 457 g/mol. The van der Waals surface area contributed by atoms with Gasteiger partial charge in [0.2, 0.25) is 0 Å². The van der Waals surface area contributed by atoms with Gasteiger partial charge in [0.05, 0.1) is 5.69 Å². The number of halogens is 2. The second-order valence-corrected chi connectivity index (χ2v) is 8.66. The largest absolute Gasteiger partial charge is 0.456 e. The fourth-order valence-corrected chi connectivity index (χ4v) is 5.65. The molecule has 0 aliphatic heterocycles. The molecule has 0 saturated heterocycles. The van der Waals surface area contributed by atoms with Crippen molar-refractivity contribution in [1.29, 1.82) is 0 Å². The minimum absolute atomic E-state index is 0.244. The molecule has 0 spiro atoms. The lowest BCUT2D eigenvalue weighted by atomic mass is 9.86. The Labute approximate surface area is 159 Å². The van der Waals surface area contributed by atoms with Crippen molar-refractivity contribution in [2.45, 2.75) is 39.0 Å². The van der Waals surface area contributed by atoms with Crippen LogP contribution in [0.2, 0.25) is 0 Å². The van der Waals surface area contributed by atoms with Gasteiger partial charge in [0.1, 0.15) is 0 Å². The maximum atomic E-state index is 12.0. The molecule has 1 amide bonds. The van der Waals surface area contributed by atoms with Crippen LogP contribution in [-0.4, -0.2) is 18.5 Å². The average Bonchev–Trinajstić information content (AvgIpc) is 3.11. The number of esters is 1. The topological polar surface area (TPSA) is 55.4 Å². The van der Waals surface area contributed by atoms with Crippen molar-refractivity contribution < 1.29 is 14.3 Å². The molecule has 0 unspecified atom stereocenters. The van der Waals surface area contributed by atoms with Gasteiger partial charge in [-0.15, -0.1) is 0 Å². The van der Waals surface area contributed by atoms with Crippen LogP contribution in [0.3, 0.4) is 0 Å². The molecule has 2 aliphatic carbocycles. The first-order valence-electron chi connectivity index (χ1n) is 8.33. The molecule has 130 valence electrons. The van der Waals surface area contributed by atoms with Crippen LogP contribution in [-0.2, 0) is 14.3 Å². The summed E-state index contributed by atoms with van der Waals surface area (Å²) in [6.45, 7) is 1.73. The molecule has 6 heteroatoms. The molecular weight excluding hydrogens is 438 g/mol. The van der Waals surface area contributed by atoms with Crippen LogP contribution in [0.15, 0.2) is 21.1 Å². The molecule has 24 heavy (non-hydrogen) atoms. The summed E-state index contributed by atoms with van der Waals surface area (Å²) in [4.78, 5) is 24.0. The third kappa shape index (κ3) is 4.20. The fraction of sp³-hybridized carbons (Fsp3) is 0.556. The summed E-state index contributed by atoms with van der Waals surface area (Å²) >= 11 is 6.86. The molecule has 3 rings (SSSR count). The molecule has 4 nitrogen and oxygen atoms in total. The first-order chi connectivity index (χ1) is 11.4. The van der Waals surface area contributed by atoms with Crippen molar-refractivity contribution in [3.05, 3.63) is 26.6 Å². The van der Waals surface area contributed by atoms with Gasteiger partial charge in [0.15, 0.2) is 6.61 Å². The van der Waals surface area contributed by atoms with E-state index in [-0.39, 0.29) is 18.5 Å². The quantitative estimate of drug-likeness (QED) is 0.643. The van der Waals surface area contributed by atoms with Crippen LogP contribution in [0.1, 0.15) is 37.7 Å². The van der Waals surface area contributed by atoms with Crippen molar-refractivity contribution in [1.82, 2.24) is 0 Å². The Bertz CT molecular complexity index is 639. The van der Waals surface area contributed by atoms with Crippen molar-refractivity contribution in [2.24, 2.45) is 17.8 Å². The molecule has 2 aliphatic rings. The van der Waals surface area contributed by atoms with E-state index in [0.717, 1.165) is 26.8 Å². The molecule has 2 fully saturated rings. The maximum Gasteiger partial charge on any atom is 0.306 e. The molecule has 3 atom stereocenters. The number of nitrogens with one attached hydrogen (secondary N) is 1. The summed E-state index contributed by atoms with van der Waals surface area (Å²) < 4.78 is 6.74. The predicted octanol–water partition coefficient (Wildman–Crippen LogP) is 4.83. The molecule has 0 heterocycles. The lowest BCUT2D eigenvalue weighted by Crippen LogP contribution is -2.23. The lowest BCUT2D eigenvalue weighted by Gasteiger charge is -2.20. The Morgan fingerprint density at radius 1 is 1.21 bits per heavy atom. The first-order valence-corrected chi connectivity index (χ1v) is 9.92. The van der Waals surface area contributed by atoms with Gasteiger partial charge in [0.25, 0.3) is 5.91 Å². The van der Waals surface area contributed by atoms with E-state index < -0.39 is 0 Å². The second kappa shape index (κ2) is 7.56. The van der Waals surface area contributed by atoms with Crippen molar-refractivity contribution in [2.75, 3.05) is 11.9 Å². The third-order valence-electron chi connectivity index (χ3n) is 5.13. The highest BCUT2D eigenvalue weighted by Gasteiger charge is 2.40. The SMILES string of the molecule is Cc1cc(Br)c(NC(=O)COC(=O)C[C@@H]2C[C@H]3CC[C@H]2C3)c(Br)c1. The molecule has 2 bridgehead atoms.